The van der Waals surface area contributed by atoms with E-state index >= 15 is 0 Å². The van der Waals surface area contributed by atoms with Crippen LogP contribution in [0.2, 0.25) is 18.1 Å². The molecule has 0 spiro atoms. The van der Waals surface area contributed by atoms with Gasteiger partial charge in [0.2, 0.25) is 5.72 Å². The number of fused-ring (bicyclic) bond motifs is 3. The molecular weight excluding hydrogens is 454 g/mol. The number of carbonyl (C=O) groups is 1. The van der Waals surface area contributed by atoms with Crippen LogP contribution >= 0.6 is 0 Å². The van der Waals surface area contributed by atoms with Crippen LogP contribution in [0.25, 0.3) is 17.0 Å². The van der Waals surface area contributed by atoms with Crippen LogP contribution in [0.1, 0.15) is 49.9 Å². The number of methoxy groups -OCH3 is 1. The molecule has 35 heavy (non-hydrogen) atoms. The van der Waals surface area contributed by atoms with Gasteiger partial charge in [0.05, 0.1) is 12.6 Å². The molecule has 2 atom stereocenters. The summed E-state index contributed by atoms with van der Waals surface area (Å²) in [6.45, 7) is 11.8. The van der Waals surface area contributed by atoms with E-state index in [4.69, 9.17) is 9.16 Å². The molecule has 4 rings (SSSR count). The Kier molecular flexibility index (Phi) is 6.84. The number of benzene rings is 2. The SMILES string of the molecule is COC(=O)[C@@]1(O)C[C@H](/C=C/c2ccccc2)c2c(CCO[Si](C)(C)C(C)(C)C)c3ccccc3n21. The van der Waals surface area contributed by atoms with Gasteiger partial charge in [-0.15, -0.1) is 0 Å². The number of aromatic nitrogens is 1. The van der Waals surface area contributed by atoms with Crippen LogP contribution in [0.3, 0.4) is 0 Å². The molecule has 0 fully saturated rings. The van der Waals surface area contributed by atoms with Gasteiger partial charge in [0.25, 0.3) is 0 Å². The molecule has 0 amide bonds. The van der Waals surface area contributed by atoms with Gasteiger partial charge in [0.15, 0.2) is 8.32 Å². The minimum atomic E-state index is -1.90. The summed E-state index contributed by atoms with van der Waals surface area (Å²) in [6, 6.07) is 18.1. The Labute approximate surface area is 209 Å². The molecule has 1 N–H and O–H groups in total. The maximum atomic E-state index is 12.9. The average molecular weight is 492 g/mol. The lowest BCUT2D eigenvalue weighted by molar-refractivity contribution is -0.172. The van der Waals surface area contributed by atoms with Crippen molar-refractivity contribution in [3.8, 4) is 0 Å². The smallest absolute Gasteiger partial charge is 0.359 e. The van der Waals surface area contributed by atoms with Crippen molar-refractivity contribution in [2.24, 2.45) is 0 Å². The number of carbonyl (C=O) groups excluding carboxylic acids is 1. The van der Waals surface area contributed by atoms with Crippen molar-refractivity contribution in [2.45, 2.75) is 63.4 Å². The Hall–Kier alpha value is -2.67. The van der Waals surface area contributed by atoms with E-state index in [9.17, 15) is 9.90 Å². The molecule has 2 aromatic carbocycles. The maximum absolute atomic E-state index is 12.9. The Bertz CT molecular complexity index is 1240. The normalized spacial score (nSPS) is 20.5. The van der Waals surface area contributed by atoms with E-state index < -0.39 is 20.0 Å². The molecule has 1 aliphatic rings. The lowest BCUT2D eigenvalue weighted by atomic mass is 9.93. The number of para-hydroxylation sites is 1. The van der Waals surface area contributed by atoms with Crippen LogP contribution in [-0.4, -0.2) is 37.7 Å². The predicted molar refractivity (Wildman–Crippen MR) is 144 cm³/mol. The quantitative estimate of drug-likeness (QED) is 0.315. The number of ether oxygens (including phenoxy) is 1. The number of aliphatic hydroxyl groups is 1. The highest BCUT2D eigenvalue weighted by molar-refractivity contribution is 6.74. The summed E-state index contributed by atoms with van der Waals surface area (Å²) in [6.07, 6.45) is 5.10. The van der Waals surface area contributed by atoms with Crippen molar-refractivity contribution < 1.29 is 19.1 Å². The molecule has 0 radical (unpaired) electrons. The Morgan fingerprint density at radius 2 is 1.80 bits per heavy atom. The summed E-state index contributed by atoms with van der Waals surface area (Å²) in [5.74, 6) is -0.784. The Morgan fingerprint density at radius 3 is 2.46 bits per heavy atom. The number of esters is 1. The number of allylic oxidation sites excluding steroid dienone is 1. The third-order valence-corrected chi connectivity index (χ3v) is 12.2. The van der Waals surface area contributed by atoms with Gasteiger partial charge in [-0.2, -0.15) is 0 Å². The van der Waals surface area contributed by atoms with Crippen LogP contribution < -0.4 is 0 Å². The van der Waals surface area contributed by atoms with Crippen LogP contribution in [0.4, 0.5) is 0 Å². The summed E-state index contributed by atoms with van der Waals surface area (Å²) in [5.41, 5.74) is 2.25. The second-order valence-corrected chi connectivity index (χ2v) is 15.8. The van der Waals surface area contributed by atoms with E-state index in [2.05, 4.69) is 52.1 Å². The van der Waals surface area contributed by atoms with E-state index in [0.717, 1.165) is 27.7 Å². The van der Waals surface area contributed by atoms with Gasteiger partial charge in [-0.1, -0.05) is 81.5 Å². The predicted octanol–water partition coefficient (Wildman–Crippen LogP) is 6.22. The van der Waals surface area contributed by atoms with E-state index in [-0.39, 0.29) is 17.4 Å². The van der Waals surface area contributed by atoms with Crippen LogP contribution in [0.15, 0.2) is 60.7 Å². The summed E-state index contributed by atoms with van der Waals surface area (Å²) < 4.78 is 13.4. The monoisotopic (exact) mass is 491 g/mol. The van der Waals surface area contributed by atoms with Crippen LogP contribution in [-0.2, 0) is 26.1 Å². The zero-order chi connectivity index (χ0) is 25.4. The fraction of sp³-hybridized carbons (Fsp3) is 0.414. The Morgan fingerprint density at radius 1 is 1.14 bits per heavy atom. The fourth-order valence-electron chi connectivity index (χ4n) is 4.79. The standard InChI is InChI=1S/C29H37NO4Si/c1-28(2,3)35(5,6)34-19-18-24-23-14-10-11-15-25(23)30-26(24)22(20-29(30,32)27(31)33-4)17-16-21-12-8-7-9-13-21/h7-17,22,32H,18-20H2,1-6H3/b17-16+/t22-,29-/m0/s1. The first-order valence-electron chi connectivity index (χ1n) is 12.3. The highest BCUT2D eigenvalue weighted by atomic mass is 28.4. The van der Waals surface area contributed by atoms with Crippen molar-refractivity contribution >= 4 is 31.3 Å². The Balaban J connectivity index is 1.79. The van der Waals surface area contributed by atoms with Gasteiger partial charge >= 0.3 is 5.97 Å². The maximum Gasteiger partial charge on any atom is 0.359 e. The van der Waals surface area contributed by atoms with E-state index in [0.29, 0.717) is 13.0 Å². The molecule has 0 aliphatic carbocycles. The molecule has 2 heterocycles. The van der Waals surface area contributed by atoms with Crippen molar-refractivity contribution in [2.75, 3.05) is 13.7 Å². The molecule has 0 saturated heterocycles. The summed E-state index contributed by atoms with van der Waals surface area (Å²) >= 11 is 0. The highest BCUT2D eigenvalue weighted by Crippen LogP contribution is 2.47. The molecule has 6 heteroatoms. The second kappa shape index (κ2) is 9.41. The molecule has 0 bridgehead atoms. The lowest BCUT2D eigenvalue weighted by Crippen LogP contribution is -2.41. The van der Waals surface area contributed by atoms with Gasteiger partial charge in [0.1, 0.15) is 0 Å². The number of rotatable bonds is 7. The minimum absolute atomic E-state index is 0.129. The van der Waals surface area contributed by atoms with E-state index in [1.54, 1.807) is 4.57 Å². The molecule has 0 saturated carbocycles. The first-order valence-corrected chi connectivity index (χ1v) is 15.2. The number of hydrogen-bond acceptors (Lipinski definition) is 4. The van der Waals surface area contributed by atoms with Gasteiger partial charge in [-0.05, 0) is 41.7 Å². The molecule has 1 aliphatic heterocycles. The van der Waals surface area contributed by atoms with E-state index in [1.165, 1.54) is 7.11 Å². The van der Waals surface area contributed by atoms with Crippen molar-refractivity contribution in [1.82, 2.24) is 4.57 Å². The van der Waals surface area contributed by atoms with Crippen molar-refractivity contribution in [1.29, 1.82) is 0 Å². The zero-order valence-electron chi connectivity index (χ0n) is 21.7. The van der Waals surface area contributed by atoms with Crippen molar-refractivity contribution in [3.05, 3.63) is 77.5 Å². The van der Waals surface area contributed by atoms with Crippen LogP contribution in [0, 0.1) is 0 Å². The second-order valence-electron chi connectivity index (χ2n) is 11.0. The molecule has 5 nitrogen and oxygen atoms in total. The zero-order valence-corrected chi connectivity index (χ0v) is 22.7. The molecule has 186 valence electrons. The highest BCUT2D eigenvalue weighted by Gasteiger charge is 2.50. The van der Waals surface area contributed by atoms with Crippen LogP contribution in [0.5, 0.6) is 0 Å². The third-order valence-electron chi connectivity index (χ3n) is 7.70. The van der Waals surface area contributed by atoms with E-state index in [1.807, 2.05) is 48.5 Å². The van der Waals surface area contributed by atoms with Gasteiger partial charge in [-0.3, -0.25) is 0 Å². The largest absolute Gasteiger partial charge is 0.465 e. The fourth-order valence-corrected chi connectivity index (χ4v) is 5.83. The number of hydrogen-bond donors (Lipinski definition) is 1. The third kappa shape index (κ3) is 4.62. The van der Waals surface area contributed by atoms with Gasteiger partial charge < -0.3 is 18.8 Å². The summed E-state index contributed by atoms with van der Waals surface area (Å²) in [4.78, 5) is 12.9. The summed E-state index contributed by atoms with van der Waals surface area (Å²) in [5, 5.41) is 12.9. The first kappa shape index (κ1) is 25.4. The molecule has 3 aromatic rings. The van der Waals surface area contributed by atoms with Gasteiger partial charge in [-0.25, -0.2) is 4.79 Å². The molecule has 1 aromatic heterocycles. The molecular formula is C29H37NO4Si. The van der Waals surface area contributed by atoms with Crippen molar-refractivity contribution in [3.63, 3.8) is 0 Å². The average Bonchev–Trinajstić information content (AvgIpc) is 3.31. The first-order chi connectivity index (χ1) is 16.5. The summed E-state index contributed by atoms with van der Waals surface area (Å²) in [7, 11) is -0.578. The topological polar surface area (TPSA) is 60.7 Å². The lowest BCUT2D eigenvalue weighted by Gasteiger charge is -2.36. The van der Waals surface area contributed by atoms with Gasteiger partial charge in [0, 0.05) is 30.0 Å². The molecule has 0 unspecified atom stereocenters. The minimum Gasteiger partial charge on any atom is -0.465 e. The number of nitrogens with zero attached hydrogens (tertiary/aromatic N) is 1.